The van der Waals surface area contributed by atoms with Crippen LogP contribution in [0.2, 0.25) is 0 Å². The van der Waals surface area contributed by atoms with E-state index in [1.807, 2.05) is 24.0 Å². The molecule has 1 fully saturated rings. The van der Waals surface area contributed by atoms with Crippen LogP contribution < -0.4 is 21.9 Å². The fourth-order valence-corrected chi connectivity index (χ4v) is 3.62. The van der Waals surface area contributed by atoms with Crippen LogP contribution in [-0.4, -0.2) is 53.7 Å². The maximum atomic E-state index is 12.2. The van der Waals surface area contributed by atoms with Gasteiger partial charge in [-0.15, -0.1) is 0 Å². The molecule has 9 nitrogen and oxygen atoms in total. The van der Waals surface area contributed by atoms with Crippen molar-refractivity contribution in [3.63, 3.8) is 0 Å². The number of amides is 1. The first-order valence-corrected chi connectivity index (χ1v) is 10.7. The summed E-state index contributed by atoms with van der Waals surface area (Å²) in [5.41, 5.74) is 6.65. The second-order valence-corrected chi connectivity index (χ2v) is 7.76. The predicted molar refractivity (Wildman–Crippen MR) is 126 cm³/mol. The number of carbonyl (C=O) groups excluding carboxylic acids is 1. The van der Waals surface area contributed by atoms with Crippen molar-refractivity contribution in [1.29, 1.82) is 0 Å². The lowest BCUT2D eigenvalue weighted by molar-refractivity contribution is -0.124. The van der Waals surface area contributed by atoms with E-state index in [1.165, 1.54) is 0 Å². The number of H-pyrrole nitrogens is 1. The molecule has 5 N–H and O–H groups in total. The van der Waals surface area contributed by atoms with Crippen molar-refractivity contribution in [2.45, 2.75) is 20.3 Å². The summed E-state index contributed by atoms with van der Waals surface area (Å²) in [7, 11) is 0. The van der Waals surface area contributed by atoms with Crippen LogP contribution in [-0.2, 0) is 9.53 Å². The van der Waals surface area contributed by atoms with Gasteiger partial charge >= 0.3 is 0 Å². The topological polar surface area (TPSA) is 125 Å². The van der Waals surface area contributed by atoms with Gasteiger partial charge in [-0.2, -0.15) is 0 Å². The van der Waals surface area contributed by atoms with Crippen LogP contribution in [0.4, 0.5) is 5.00 Å². The number of aromatic amines is 1. The van der Waals surface area contributed by atoms with E-state index in [2.05, 4.69) is 33.2 Å². The summed E-state index contributed by atoms with van der Waals surface area (Å²) in [6.45, 7) is 14.1. The minimum atomic E-state index is -0.311. The largest absolute Gasteiger partial charge is 0.467 e. The van der Waals surface area contributed by atoms with Crippen LogP contribution in [0.5, 0.6) is 0 Å². The molecule has 0 radical (unpaired) electrons. The van der Waals surface area contributed by atoms with E-state index < -0.39 is 0 Å². The van der Waals surface area contributed by atoms with Gasteiger partial charge in [0.05, 0.1) is 18.8 Å². The van der Waals surface area contributed by atoms with E-state index in [0.29, 0.717) is 49.1 Å². The van der Waals surface area contributed by atoms with E-state index >= 15 is 0 Å². The Kier molecular flexibility index (Phi) is 9.29. The molecule has 1 aromatic rings. The van der Waals surface area contributed by atoms with Gasteiger partial charge in [-0.1, -0.05) is 19.2 Å². The quantitative estimate of drug-likeness (QED) is 0.178. The van der Waals surface area contributed by atoms with Gasteiger partial charge in [-0.3, -0.25) is 23.9 Å². The summed E-state index contributed by atoms with van der Waals surface area (Å²) in [4.78, 5) is 30.0. The number of aliphatic imine (C=N–C) groups is 1. The summed E-state index contributed by atoms with van der Waals surface area (Å²) in [6.07, 6.45) is 6.15. The Hall–Kier alpha value is -3.11. The molecular weight excluding hydrogens is 416 g/mol. The highest BCUT2D eigenvalue weighted by Gasteiger charge is 2.17. The molecule has 1 aromatic heterocycles. The van der Waals surface area contributed by atoms with Crippen molar-refractivity contribution in [3.8, 4) is 0 Å². The third-order valence-corrected chi connectivity index (χ3v) is 5.11. The Morgan fingerprint density at radius 2 is 2.19 bits per heavy atom. The van der Waals surface area contributed by atoms with E-state index in [4.69, 9.17) is 10.5 Å². The van der Waals surface area contributed by atoms with Crippen molar-refractivity contribution in [3.05, 3.63) is 64.5 Å². The highest BCUT2D eigenvalue weighted by molar-refractivity contribution is 7.10. The molecule has 0 spiro atoms. The molecule has 2 heterocycles. The average molecular weight is 447 g/mol. The summed E-state index contributed by atoms with van der Waals surface area (Å²) in [5, 5.41) is 6.42. The zero-order chi connectivity index (χ0) is 22.8. The Bertz CT molecular complexity index is 957. The number of rotatable bonds is 11. The standard InChI is InChI=1S/C21H30N6O3S/c1-5-16(30-14(2)3)8-6-7-15(4)25-21-18(20(29)26-31-21)19(22)24-10-12-27-11-9-23-17(28)13-27/h5-7,25H,2,4,8-13H2,1,3H3,(H2,22,24)(H,23,28)(H,26,29)/b7-6-,16-5+. The van der Waals surface area contributed by atoms with Gasteiger partial charge in [0.2, 0.25) is 5.91 Å². The van der Waals surface area contributed by atoms with E-state index in [1.54, 1.807) is 13.0 Å². The van der Waals surface area contributed by atoms with Crippen molar-refractivity contribution >= 4 is 28.3 Å². The fraction of sp³-hybridized carbons (Fsp3) is 0.381. The first kappa shape index (κ1) is 24.2. The van der Waals surface area contributed by atoms with Crippen molar-refractivity contribution in [2.24, 2.45) is 10.7 Å². The van der Waals surface area contributed by atoms with Crippen LogP contribution in [0.1, 0.15) is 25.8 Å². The molecule has 0 atom stereocenters. The number of carbonyl (C=O) groups is 1. The Balaban J connectivity index is 1.95. The summed E-state index contributed by atoms with van der Waals surface area (Å²) in [5.74, 6) is 1.56. The van der Waals surface area contributed by atoms with Gasteiger partial charge in [0.15, 0.2) is 0 Å². The second kappa shape index (κ2) is 11.9. The minimum absolute atomic E-state index is 0.00303. The summed E-state index contributed by atoms with van der Waals surface area (Å²) < 4.78 is 8.17. The zero-order valence-electron chi connectivity index (χ0n) is 18.0. The number of nitrogens with zero attached hydrogens (tertiary/aromatic N) is 2. The number of nitrogens with two attached hydrogens (primary N) is 1. The van der Waals surface area contributed by atoms with E-state index in [9.17, 15) is 9.59 Å². The third-order valence-electron chi connectivity index (χ3n) is 4.31. The van der Waals surface area contributed by atoms with Gasteiger partial charge in [0.25, 0.3) is 5.56 Å². The SMILES string of the molecule is C=C(/C=C\C/C(=C\C)OC(=C)C)Nc1s[nH]c(=O)c1C(N)=NCCN1CCNC(=O)C1. The average Bonchev–Trinajstić information content (AvgIpc) is 3.06. The number of piperazine rings is 1. The number of allylic oxidation sites excluding steroid dienone is 4. The zero-order valence-corrected chi connectivity index (χ0v) is 18.8. The number of hydrogen-bond acceptors (Lipinski definition) is 7. The molecule has 31 heavy (non-hydrogen) atoms. The molecule has 0 unspecified atom stereocenters. The van der Waals surface area contributed by atoms with Crippen molar-refractivity contribution < 1.29 is 9.53 Å². The maximum absolute atomic E-state index is 12.2. The monoisotopic (exact) mass is 446 g/mol. The molecule has 0 saturated carbocycles. The van der Waals surface area contributed by atoms with Gasteiger partial charge in [-0.05, 0) is 37.5 Å². The number of ether oxygens (including phenoxy) is 1. The molecule has 1 saturated heterocycles. The highest BCUT2D eigenvalue weighted by atomic mass is 32.1. The molecule has 0 aromatic carbocycles. The Labute approximate surface area is 186 Å². The van der Waals surface area contributed by atoms with Crippen LogP contribution in [0.3, 0.4) is 0 Å². The highest BCUT2D eigenvalue weighted by Crippen LogP contribution is 2.19. The van der Waals surface area contributed by atoms with Crippen LogP contribution in [0.15, 0.2) is 58.4 Å². The lowest BCUT2D eigenvalue weighted by Crippen LogP contribution is -2.48. The maximum Gasteiger partial charge on any atom is 0.271 e. The number of aromatic nitrogens is 1. The van der Waals surface area contributed by atoms with Crippen LogP contribution in [0.25, 0.3) is 0 Å². The van der Waals surface area contributed by atoms with Crippen LogP contribution in [0, 0.1) is 0 Å². The summed E-state index contributed by atoms with van der Waals surface area (Å²) >= 11 is 1.13. The van der Waals surface area contributed by atoms with Crippen molar-refractivity contribution in [2.75, 3.05) is 38.0 Å². The van der Waals surface area contributed by atoms with E-state index in [0.717, 1.165) is 23.8 Å². The molecule has 0 bridgehead atoms. The van der Waals surface area contributed by atoms with Gasteiger partial charge in [-0.25, -0.2) is 0 Å². The molecule has 2 rings (SSSR count). The predicted octanol–water partition coefficient (Wildman–Crippen LogP) is 1.90. The van der Waals surface area contributed by atoms with Crippen LogP contribution >= 0.6 is 11.5 Å². The minimum Gasteiger partial charge on any atom is -0.467 e. The molecule has 1 amide bonds. The lowest BCUT2D eigenvalue weighted by atomic mass is 10.2. The molecule has 1 aliphatic heterocycles. The lowest BCUT2D eigenvalue weighted by Gasteiger charge is -2.25. The number of hydrogen-bond donors (Lipinski definition) is 4. The Morgan fingerprint density at radius 1 is 1.42 bits per heavy atom. The van der Waals surface area contributed by atoms with E-state index in [-0.39, 0.29) is 22.9 Å². The smallest absolute Gasteiger partial charge is 0.271 e. The first-order valence-electron chi connectivity index (χ1n) is 9.92. The van der Waals surface area contributed by atoms with Gasteiger partial charge in [0, 0.05) is 31.8 Å². The number of amidine groups is 1. The molecule has 0 aliphatic carbocycles. The van der Waals surface area contributed by atoms with Crippen molar-refractivity contribution in [1.82, 2.24) is 14.6 Å². The Morgan fingerprint density at radius 3 is 2.87 bits per heavy atom. The normalized spacial score (nSPS) is 15.7. The number of anilines is 1. The number of nitrogens with one attached hydrogen (secondary N) is 3. The molecule has 10 heteroatoms. The molecule has 168 valence electrons. The van der Waals surface area contributed by atoms with Gasteiger partial charge in [0.1, 0.15) is 22.2 Å². The first-order chi connectivity index (χ1) is 14.8. The molecule has 1 aliphatic rings. The van der Waals surface area contributed by atoms with Gasteiger partial charge < -0.3 is 21.1 Å². The second-order valence-electron chi connectivity index (χ2n) is 6.95. The third kappa shape index (κ3) is 7.91. The fourth-order valence-electron chi connectivity index (χ4n) is 2.84. The summed E-state index contributed by atoms with van der Waals surface area (Å²) in [6, 6.07) is 0. The molecular formula is C21H30N6O3S.